The summed E-state index contributed by atoms with van der Waals surface area (Å²) in [6, 6.07) is 9.15. The number of H-pyrrole nitrogens is 2. The third-order valence-electron chi connectivity index (χ3n) is 2.57. The fourth-order valence-electron chi connectivity index (χ4n) is 1.73. The van der Waals surface area contributed by atoms with Crippen molar-refractivity contribution in [2.75, 3.05) is 5.32 Å². The lowest BCUT2D eigenvalue weighted by Gasteiger charge is -2.04. The van der Waals surface area contributed by atoms with E-state index in [0.717, 1.165) is 16.6 Å². The summed E-state index contributed by atoms with van der Waals surface area (Å²) in [5.41, 5.74) is 2.08. The number of rotatable bonds is 2. The smallest absolute Gasteiger partial charge is 0.272 e. The van der Waals surface area contributed by atoms with Crippen LogP contribution in [0.2, 0.25) is 0 Å². The molecule has 3 aromatic rings. The first-order valence-corrected chi connectivity index (χ1v) is 5.21. The number of nitrogens with one attached hydrogen (secondary N) is 3. The molecule has 3 rings (SSSR count). The van der Waals surface area contributed by atoms with Crippen LogP contribution in [0.25, 0.3) is 10.9 Å². The van der Waals surface area contributed by atoms with Crippen LogP contribution in [-0.4, -0.2) is 21.1 Å². The van der Waals surface area contributed by atoms with Gasteiger partial charge in [-0.3, -0.25) is 9.89 Å². The van der Waals surface area contributed by atoms with Gasteiger partial charge in [0.1, 0.15) is 5.69 Å². The number of nitrogens with zero attached hydrogens (tertiary/aromatic N) is 1. The summed E-state index contributed by atoms with van der Waals surface area (Å²) in [5.74, 6) is -0.169. The lowest BCUT2D eigenvalue weighted by molar-refractivity contribution is 0.102. The molecule has 0 saturated carbocycles. The predicted molar refractivity (Wildman–Crippen MR) is 64.8 cm³/mol. The van der Waals surface area contributed by atoms with Gasteiger partial charge in [-0.1, -0.05) is 12.1 Å². The first-order chi connectivity index (χ1) is 8.34. The molecule has 3 N–H and O–H groups in total. The molecule has 0 spiro atoms. The fraction of sp³-hybridized carbons (Fsp3) is 0. The van der Waals surface area contributed by atoms with Crippen LogP contribution in [0.5, 0.6) is 0 Å². The Hall–Kier alpha value is -2.56. The average Bonchev–Trinajstić information content (AvgIpc) is 3.00. The Balaban J connectivity index is 1.95. The van der Waals surface area contributed by atoms with E-state index < -0.39 is 0 Å². The summed E-state index contributed by atoms with van der Waals surface area (Å²) in [6.07, 6.45) is 3.44. The van der Waals surface area contributed by atoms with Gasteiger partial charge in [-0.2, -0.15) is 5.10 Å². The number of amides is 1. The molecule has 2 heterocycles. The number of para-hydroxylation sites is 1. The molecule has 5 nitrogen and oxygen atoms in total. The number of hydrogen-bond acceptors (Lipinski definition) is 2. The van der Waals surface area contributed by atoms with Crippen molar-refractivity contribution in [3.8, 4) is 0 Å². The average molecular weight is 226 g/mol. The highest BCUT2D eigenvalue weighted by atomic mass is 16.1. The molecule has 1 amide bonds. The molecule has 0 aliphatic rings. The van der Waals surface area contributed by atoms with Gasteiger partial charge in [0.2, 0.25) is 0 Å². The molecule has 0 unspecified atom stereocenters. The molecular formula is C12H10N4O. The number of carbonyl (C=O) groups is 1. The van der Waals surface area contributed by atoms with Crippen molar-refractivity contribution in [1.29, 1.82) is 0 Å². The Morgan fingerprint density at radius 2 is 2.18 bits per heavy atom. The lowest BCUT2D eigenvalue weighted by Crippen LogP contribution is -2.12. The third-order valence-corrected chi connectivity index (χ3v) is 2.57. The Morgan fingerprint density at radius 1 is 1.24 bits per heavy atom. The van der Waals surface area contributed by atoms with Gasteiger partial charge in [0.15, 0.2) is 0 Å². The molecule has 0 atom stereocenters. The summed E-state index contributed by atoms with van der Waals surface area (Å²) >= 11 is 0. The van der Waals surface area contributed by atoms with Gasteiger partial charge >= 0.3 is 0 Å². The van der Waals surface area contributed by atoms with Crippen molar-refractivity contribution in [2.45, 2.75) is 0 Å². The summed E-state index contributed by atoms with van der Waals surface area (Å²) < 4.78 is 0. The highest BCUT2D eigenvalue weighted by Crippen LogP contribution is 2.20. The van der Waals surface area contributed by atoms with Crippen LogP contribution >= 0.6 is 0 Å². The molecule has 0 radical (unpaired) electrons. The highest BCUT2D eigenvalue weighted by Gasteiger charge is 2.09. The summed E-state index contributed by atoms with van der Waals surface area (Å²) in [4.78, 5) is 14.7. The molecule has 0 bridgehead atoms. The molecule has 84 valence electrons. The maximum absolute atomic E-state index is 11.9. The molecule has 17 heavy (non-hydrogen) atoms. The second kappa shape index (κ2) is 3.79. The van der Waals surface area contributed by atoms with E-state index in [1.165, 1.54) is 0 Å². The summed E-state index contributed by atoms with van der Waals surface area (Å²) in [5, 5.41) is 10.6. The number of fused-ring (bicyclic) bond motifs is 1. The Labute approximate surface area is 96.9 Å². The molecule has 1 aromatic carbocycles. The van der Waals surface area contributed by atoms with E-state index in [1.54, 1.807) is 24.5 Å². The first-order valence-electron chi connectivity index (χ1n) is 5.21. The van der Waals surface area contributed by atoms with Gasteiger partial charge in [-0.25, -0.2) is 0 Å². The third kappa shape index (κ3) is 1.67. The minimum absolute atomic E-state index is 0.169. The minimum atomic E-state index is -0.169. The highest BCUT2D eigenvalue weighted by molar-refractivity contribution is 6.07. The van der Waals surface area contributed by atoms with Crippen molar-refractivity contribution in [3.63, 3.8) is 0 Å². The standard InChI is InChI=1S/C12H10N4O/c17-12(10-5-2-6-13-10)15-9-4-1-3-8-7-14-16-11(8)9/h1-7,13H,(H,14,16)(H,15,17). The van der Waals surface area contributed by atoms with Crippen molar-refractivity contribution >= 4 is 22.5 Å². The Morgan fingerprint density at radius 3 is 3.00 bits per heavy atom. The topological polar surface area (TPSA) is 73.6 Å². The number of benzene rings is 1. The zero-order valence-electron chi connectivity index (χ0n) is 8.90. The predicted octanol–water partition coefficient (Wildman–Crippen LogP) is 2.14. The number of carbonyl (C=O) groups excluding carboxylic acids is 1. The Kier molecular flexibility index (Phi) is 2.15. The van der Waals surface area contributed by atoms with Gasteiger partial charge in [0.25, 0.3) is 5.91 Å². The van der Waals surface area contributed by atoms with Crippen LogP contribution in [0.1, 0.15) is 10.5 Å². The van der Waals surface area contributed by atoms with Crippen LogP contribution in [0.4, 0.5) is 5.69 Å². The van der Waals surface area contributed by atoms with E-state index in [4.69, 9.17) is 0 Å². The Bertz CT molecular complexity index is 654. The maximum atomic E-state index is 11.9. The normalized spacial score (nSPS) is 10.6. The number of anilines is 1. The van der Waals surface area contributed by atoms with Gasteiger partial charge < -0.3 is 10.3 Å². The number of aromatic amines is 2. The van der Waals surface area contributed by atoms with Crippen molar-refractivity contribution in [2.24, 2.45) is 0 Å². The number of aromatic nitrogens is 3. The molecule has 0 aliphatic heterocycles. The van der Waals surface area contributed by atoms with Crippen LogP contribution in [0.15, 0.2) is 42.7 Å². The number of hydrogen-bond donors (Lipinski definition) is 3. The molecular weight excluding hydrogens is 216 g/mol. The van der Waals surface area contributed by atoms with Gasteiger partial charge in [-0.15, -0.1) is 0 Å². The zero-order chi connectivity index (χ0) is 11.7. The summed E-state index contributed by atoms with van der Waals surface area (Å²) in [7, 11) is 0. The first kappa shape index (κ1) is 9.65. The molecule has 5 heteroatoms. The fourth-order valence-corrected chi connectivity index (χ4v) is 1.73. The van der Waals surface area contributed by atoms with Crippen LogP contribution < -0.4 is 5.32 Å². The van der Waals surface area contributed by atoms with Crippen molar-refractivity contribution in [3.05, 3.63) is 48.4 Å². The molecule has 0 aliphatic carbocycles. The largest absolute Gasteiger partial charge is 0.357 e. The monoisotopic (exact) mass is 226 g/mol. The van der Waals surface area contributed by atoms with E-state index >= 15 is 0 Å². The van der Waals surface area contributed by atoms with Gasteiger partial charge in [0, 0.05) is 11.6 Å². The second-order valence-electron chi connectivity index (χ2n) is 3.68. The van der Waals surface area contributed by atoms with E-state index in [9.17, 15) is 4.79 Å². The van der Waals surface area contributed by atoms with E-state index in [2.05, 4.69) is 20.5 Å². The lowest BCUT2D eigenvalue weighted by atomic mass is 10.2. The molecule has 0 saturated heterocycles. The molecule has 2 aromatic heterocycles. The summed E-state index contributed by atoms with van der Waals surface area (Å²) in [6.45, 7) is 0. The van der Waals surface area contributed by atoms with Crippen molar-refractivity contribution < 1.29 is 4.79 Å². The SMILES string of the molecule is O=C(Nc1cccc2cn[nH]c12)c1ccc[nH]1. The van der Waals surface area contributed by atoms with Crippen LogP contribution in [0.3, 0.4) is 0 Å². The van der Waals surface area contributed by atoms with Crippen molar-refractivity contribution in [1.82, 2.24) is 15.2 Å². The zero-order valence-corrected chi connectivity index (χ0v) is 8.90. The van der Waals surface area contributed by atoms with Gasteiger partial charge in [0.05, 0.1) is 17.4 Å². The van der Waals surface area contributed by atoms with Crippen LogP contribution in [-0.2, 0) is 0 Å². The van der Waals surface area contributed by atoms with Gasteiger partial charge in [-0.05, 0) is 18.2 Å². The van der Waals surface area contributed by atoms with Crippen LogP contribution in [0, 0.1) is 0 Å². The molecule has 0 fully saturated rings. The second-order valence-corrected chi connectivity index (χ2v) is 3.68. The minimum Gasteiger partial charge on any atom is -0.357 e. The van der Waals surface area contributed by atoms with E-state index in [0.29, 0.717) is 5.69 Å². The van der Waals surface area contributed by atoms with E-state index in [1.807, 2.05) is 18.2 Å². The maximum Gasteiger partial charge on any atom is 0.272 e. The quantitative estimate of drug-likeness (QED) is 0.626. The van der Waals surface area contributed by atoms with E-state index in [-0.39, 0.29) is 5.91 Å².